The molecule has 94 valence electrons. The first-order chi connectivity index (χ1) is 8.01. The van der Waals surface area contributed by atoms with E-state index in [-0.39, 0.29) is 16.9 Å². The zero-order chi connectivity index (χ0) is 13.0. The molecule has 0 aromatic heterocycles. The Bertz CT molecular complexity index is 420. The highest BCUT2D eigenvalue weighted by molar-refractivity contribution is 9.10. The van der Waals surface area contributed by atoms with Gasteiger partial charge in [0.25, 0.3) is 0 Å². The average molecular weight is 305 g/mol. The van der Waals surface area contributed by atoms with Gasteiger partial charge in [-0.2, -0.15) is 0 Å². The summed E-state index contributed by atoms with van der Waals surface area (Å²) in [6.45, 7) is 3.65. The smallest absolute Gasteiger partial charge is 0.339 e. The van der Waals surface area contributed by atoms with E-state index in [0.717, 1.165) is 0 Å². The number of aryl methyl sites for hydroxylation is 1. The molecule has 1 N–H and O–H groups in total. The van der Waals surface area contributed by atoms with Crippen molar-refractivity contribution < 1.29 is 19.0 Å². The number of benzene rings is 1. The van der Waals surface area contributed by atoms with Gasteiger partial charge in [0.05, 0.1) is 11.1 Å². The van der Waals surface area contributed by atoms with Crippen LogP contribution in [0.3, 0.4) is 0 Å². The molecule has 0 aliphatic carbocycles. The maximum absolute atomic E-state index is 13.5. The number of hydrogen-bond donors (Lipinski definition) is 1. The molecule has 0 aliphatic rings. The Hall–Kier alpha value is -0.940. The highest BCUT2D eigenvalue weighted by Crippen LogP contribution is 2.26. The van der Waals surface area contributed by atoms with Crippen LogP contribution in [0.25, 0.3) is 0 Å². The van der Waals surface area contributed by atoms with Crippen LogP contribution in [-0.2, 0) is 16.0 Å². The molecular formula is C12H14BrFO3. The number of halogens is 2. The topological polar surface area (TPSA) is 46.5 Å². The second kappa shape index (κ2) is 6.12. The van der Waals surface area contributed by atoms with Crippen molar-refractivity contribution >= 4 is 21.9 Å². The van der Waals surface area contributed by atoms with Crippen molar-refractivity contribution in [1.82, 2.24) is 0 Å². The monoisotopic (exact) mass is 304 g/mol. The first-order valence-corrected chi connectivity index (χ1v) is 6.13. The SMILES string of the molecule is CCOC(=O)C(O)c1cc(Br)c(F)c(CC)c1. The molecule has 3 nitrogen and oxygen atoms in total. The quantitative estimate of drug-likeness (QED) is 0.870. The van der Waals surface area contributed by atoms with Gasteiger partial charge in [-0.3, -0.25) is 0 Å². The summed E-state index contributed by atoms with van der Waals surface area (Å²) in [5, 5.41) is 9.74. The predicted molar refractivity (Wildman–Crippen MR) is 65.1 cm³/mol. The fraction of sp³-hybridized carbons (Fsp3) is 0.417. The number of hydrogen-bond acceptors (Lipinski definition) is 3. The van der Waals surface area contributed by atoms with Crippen LogP contribution < -0.4 is 0 Å². The third kappa shape index (κ3) is 3.26. The summed E-state index contributed by atoms with van der Waals surface area (Å²) in [5.74, 6) is -1.10. The normalized spacial score (nSPS) is 12.3. The Morgan fingerprint density at radius 3 is 2.71 bits per heavy atom. The third-order valence-corrected chi connectivity index (χ3v) is 2.91. The fourth-order valence-corrected chi connectivity index (χ4v) is 1.96. The lowest BCUT2D eigenvalue weighted by Crippen LogP contribution is -2.16. The van der Waals surface area contributed by atoms with Crippen LogP contribution in [0.2, 0.25) is 0 Å². The van der Waals surface area contributed by atoms with Crippen molar-refractivity contribution in [2.45, 2.75) is 26.4 Å². The van der Waals surface area contributed by atoms with Crippen molar-refractivity contribution in [3.8, 4) is 0 Å². The highest BCUT2D eigenvalue weighted by atomic mass is 79.9. The molecule has 0 saturated heterocycles. The lowest BCUT2D eigenvalue weighted by molar-refractivity contribution is -0.153. The minimum absolute atomic E-state index is 0.193. The molecule has 0 saturated carbocycles. The van der Waals surface area contributed by atoms with E-state index in [1.54, 1.807) is 13.8 Å². The molecule has 0 fully saturated rings. The number of rotatable bonds is 4. The Morgan fingerprint density at radius 2 is 2.18 bits per heavy atom. The number of aliphatic hydroxyl groups is 1. The van der Waals surface area contributed by atoms with E-state index in [9.17, 15) is 14.3 Å². The summed E-state index contributed by atoms with van der Waals surface area (Å²) < 4.78 is 18.5. The Labute approximate surface area is 108 Å². The van der Waals surface area contributed by atoms with Crippen LogP contribution in [0.1, 0.15) is 31.1 Å². The maximum Gasteiger partial charge on any atom is 0.339 e. The van der Waals surface area contributed by atoms with Gasteiger partial charge in [-0.05, 0) is 52.5 Å². The Kier molecular flexibility index (Phi) is 5.08. The summed E-state index contributed by atoms with van der Waals surface area (Å²) in [6, 6.07) is 2.86. The summed E-state index contributed by atoms with van der Waals surface area (Å²) in [4.78, 5) is 11.4. The average Bonchev–Trinajstić information content (AvgIpc) is 2.31. The summed E-state index contributed by atoms with van der Waals surface area (Å²) >= 11 is 3.06. The van der Waals surface area contributed by atoms with E-state index >= 15 is 0 Å². The minimum atomic E-state index is -1.38. The van der Waals surface area contributed by atoms with E-state index < -0.39 is 12.1 Å². The number of esters is 1. The Balaban J connectivity index is 3.06. The predicted octanol–water partition coefficient (Wildman–Crippen LogP) is 2.75. The van der Waals surface area contributed by atoms with Crippen molar-refractivity contribution in [2.24, 2.45) is 0 Å². The van der Waals surface area contributed by atoms with E-state index in [1.807, 2.05) is 0 Å². The zero-order valence-electron chi connectivity index (χ0n) is 9.67. The maximum atomic E-state index is 13.5. The number of aliphatic hydroxyl groups excluding tert-OH is 1. The number of ether oxygens (including phenoxy) is 1. The minimum Gasteiger partial charge on any atom is -0.464 e. The first kappa shape index (κ1) is 14.1. The van der Waals surface area contributed by atoms with Gasteiger partial charge in [-0.1, -0.05) is 6.92 Å². The van der Waals surface area contributed by atoms with Crippen LogP contribution in [0.4, 0.5) is 4.39 Å². The first-order valence-electron chi connectivity index (χ1n) is 5.33. The van der Waals surface area contributed by atoms with Crippen molar-refractivity contribution in [1.29, 1.82) is 0 Å². The van der Waals surface area contributed by atoms with Crippen LogP contribution in [-0.4, -0.2) is 17.7 Å². The third-order valence-electron chi connectivity index (χ3n) is 2.33. The molecule has 17 heavy (non-hydrogen) atoms. The van der Waals surface area contributed by atoms with Crippen molar-refractivity contribution in [3.63, 3.8) is 0 Å². The van der Waals surface area contributed by atoms with Crippen LogP contribution >= 0.6 is 15.9 Å². The number of carbonyl (C=O) groups excluding carboxylic acids is 1. The van der Waals surface area contributed by atoms with E-state index in [0.29, 0.717) is 17.5 Å². The molecule has 0 radical (unpaired) electrons. The van der Waals surface area contributed by atoms with Gasteiger partial charge in [-0.25, -0.2) is 9.18 Å². The van der Waals surface area contributed by atoms with Gasteiger partial charge in [0.15, 0.2) is 6.10 Å². The van der Waals surface area contributed by atoms with Gasteiger partial charge in [-0.15, -0.1) is 0 Å². The molecule has 1 atom stereocenters. The molecule has 0 heterocycles. The molecule has 5 heteroatoms. The molecule has 1 rings (SSSR count). The van der Waals surface area contributed by atoms with Crippen molar-refractivity contribution in [2.75, 3.05) is 6.61 Å². The van der Waals surface area contributed by atoms with Gasteiger partial charge in [0, 0.05) is 0 Å². The molecular weight excluding hydrogens is 291 g/mol. The largest absolute Gasteiger partial charge is 0.464 e. The van der Waals surface area contributed by atoms with E-state index in [1.165, 1.54) is 12.1 Å². The fourth-order valence-electron chi connectivity index (χ4n) is 1.44. The molecule has 1 unspecified atom stereocenters. The van der Waals surface area contributed by atoms with Gasteiger partial charge >= 0.3 is 5.97 Å². The lowest BCUT2D eigenvalue weighted by Gasteiger charge is -2.12. The molecule has 0 bridgehead atoms. The highest BCUT2D eigenvalue weighted by Gasteiger charge is 2.21. The summed E-state index contributed by atoms with van der Waals surface area (Å²) in [5.41, 5.74) is 0.770. The lowest BCUT2D eigenvalue weighted by atomic mass is 10.0. The molecule has 0 spiro atoms. The second-order valence-corrected chi connectivity index (χ2v) is 4.34. The van der Waals surface area contributed by atoms with Crippen LogP contribution in [0.5, 0.6) is 0 Å². The Morgan fingerprint density at radius 1 is 1.53 bits per heavy atom. The second-order valence-electron chi connectivity index (χ2n) is 3.48. The van der Waals surface area contributed by atoms with Crippen LogP contribution in [0.15, 0.2) is 16.6 Å². The summed E-state index contributed by atoms with van der Waals surface area (Å²) in [6.07, 6.45) is -0.898. The number of carbonyl (C=O) groups is 1. The zero-order valence-corrected chi connectivity index (χ0v) is 11.3. The van der Waals surface area contributed by atoms with Crippen LogP contribution in [0, 0.1) is 5.82 Å². The van der Waals surface area contributed by atoms with Gasteiger partial charge < -0.3 is 9.84 Å². The molecule has 0 aliphatic heterocycles. The van der Waals surface area contributed by atoms with Gasteiger partial charge in [0.2, 0.25) is 0 Å². The summed E-state index contributed by atoms with van der Waals surface area (Å²) in [7, 11) is 0. The van der Waals surface area contributed by atoms with E-state index in [2.05, 4.69) is 15.9 Å². The van der Waals surface area contributed by atoms with Crippen molar-refractivity contribution in [3.05, 3.63) is 33.5 Å². The molecule has 1 aromatic rings. The van der Waals surface area contributed by atoms with Gasteiger partial charge in [0.1, 0.15) is 5.82 Å². The van der Waals surface area contributed by atoms with E-state index in [4.69, 9.17) is 4.74 Å². The standard InChI is InChI=1S/C12H14BrFO3/c1-3-7-5-8(6-9(13)10(7)14)11(15)12(16)17-4-2/h5-6,11,15H,3-4H2,1-2H3. The molecule has 0 amide bonds. The molecule has 1 aromatic carbocycles.